The van der Waals surface area contributed by atoms with Gasteiger partial charge in [0.25, 0.3) is 0 Å². The van der Waals surface area contributed by atoms with Crippen LogP contribution in [-0.4, -0.2) is 42.2 Å². The summed E-state index contributed by atoms with van der Waals surface area (Å²) in [5, 5.41) is 7.53. The summed E-state index contributed by atoms with van der Waals surface area (Å²) in [6.45, 7) is 0.289. The van der Waals surface area contributed by atoms with E-state index in [4.69, 9.17) is 14.7 Å². The number of nitrogens with one attached hydrogen (secondary N) is 2. The second-order valence-corrected chi connectivity index (χ2v) is 8.18. The number of carbonyl (C=O) groups excluding carboxylic acids is 1. The summed E-state index contributed by atoms with van der Waals surface area (Å²) < 4.78 is 5.34. The number of amides is 1. The van der Waals surface area contributed by atoms with Crippen LogP contribution in [0.1, 0.15) is 31.2 Å². The van der Waals surface area contributed by atoms with Crippen molar-refractivity contribution in [2.75, 3.05) is 24.3 Å². The maximum atomic E-state index is 12.1. The van der Waals surface area contributed by atoms with Crippen molar-refractivity contribution in [1.29, 1.82) is 0 Å². The van der Waals surface area contributed by atoms with Crippen LogP contribution in [-0.2, 0) is 11.3 Å². The first-order valence-corrected chi connectivity index (χ1v) is 10.8. The number of hydrogen-bond acceptors (Lipinski definition) is 6. The van der Waals surface area contributed by atoms with E-state index in [1.54, 1.807) is 0 Å². The molecule has 1 aliphatic carbocycles. The molecule has 0 unspecified atom stereocenters. The van der Waals surface area contributed by atoms with Gasteiger partial charge in [0, 0.05) is 31.6 Å². The zero-order valence-corrected chi connectivity index (χ0v) is 18.0. The van der Waals surface area contributed by atoms with Crippen LogP contribution >= 0.6 is 0 Å². The van der Waals surface area contributed by atoms with E-state index in [0.717, 1.165) is 48.0 Å². The van der Waals surface area contributed by atoms with E-state index in [1.807, 2.05) is 73.6 Å². The van der Waals surface area contributed by atoms with Crippen molar-refractivity contribution in [1.82, 2.24) is 15.3 Å². The van der Waals surface area contributed by atoms with Crippen molar-refractivity contribution in [3.05, 3.63) is 60.2 Å². The number of fused-ring (bicyclic) bond motifs is 1. The Balaban J connectivity index is 1.29. The highest BCUT2D eigenvalue weighted by Gasteiger charge is 2.24. The van der Waals surface area contributed by atoms with Crippen molar-refractivity contribution in [3.8, 4) is 0 Å². The number of anilines is 2. The second kappa shape index (κ2) is 9.64. The molecule has 2 aromatic carbocycles. The van der Waals surface area contributed by atoms with E-state index in [2.05, 4.69) is 10.6 Å². The van der Waals surface area contributed by atoms with E-state index in [-0.39, 0.29) is 24.8 Å². The van der Waals surface area contributed by atoms with Gasteiger partial charge < -0.3 is 20.3 Å². The molecule has 0 saturated heterocycles. The average Bonchev–Trinajstić information content (AvgIpc) is 2.79. The predicted molar refractivity (Wildman–Crippen MR) is 123 cm³/mol. The second-order valence-electron chi connectivity index (χ2n) is 8.18. The van der Waals surface area contributed by atoms with Crippen LogP contribution in [0.25, 0.3) is 10.9 Å². The fourth-order valence-electron chi connectivity index (χ4n) is 3.96. The number of rotatable bonds is 6. The van der Waals surface area contributed by atoms with Crippen molar-refractivity contribution in [2.45, 2.75) is 44.4 Å². The number of aromatic nitrogens is 2. The Morgan fingerprint density at radius 2 is 1.65 bits per heavy atom. The Morgan fingerprint density at radius 3 is 2.39 bits per heavy atom. The molecule has 4 rings (SSSR count). The third-order valence-electron chi connectivity index (χ3n) is 5.60. The summed E-state index contributed by atoms with van der Waals surface area (Å²) in [7, 11) is 3.98. The molecule has 1 heterocycles. The minimum atomic E-state index is -0.353. The summed E-state index contributed by atoms with van der Waals surface area (Å²) in [5.74, 6) is 1.56. The van der Waals surface area contributed by atoms with Gasteiger partial charge in [0.05, 0.1) is 5.52 Å². The Labute approximate surface area is 182 Å². The highest BCUT2D eigenvalue weighted by molar-refractivity contribution is 5.90. The normalized spacial score (nSPS) is 18.4. The number of alkyl carbamates (subject to hydrolysis) is 1. The molecule has 1 saturated carbocycles. The summed E-state index contributed by atoms with van der Waals surface area (Å²) in [4.78, 5) is 23.5. The van der Waals surface area contributed by atoms with Crippen molar-refractivity contribution >= 4 is 28.8 Å². The van der Waals surface area contributed by atoms with Gasteiger partial charge >= 0.3 is 6.09 Å². The van der Waals surface area contributed by atoms with Gasteiger partial charge in [0.1, 0.15) is 12.4 Å². The lowest BCUT2D eigenvalue weighted by molar-refractivity contribution is 0.132. The Kier molecular flexibility index (Phi) is 6.50. The van der Waals surface area contributed by atoms with Gasteiger partial charge in [-0.05, 0) is 43.4 Å². The first kappa shape index (κ1) is 20.9. The van der Waals surface area contributed by atoms with Crippen LogP contribution < -0.4 is 15.5 Å². The Morgan fingerprint density at radius 1 is 0.968 bits per heavy atom. The fourth-order valence-corrected chi connectivity index (χ4v) is 3.96. The number of carbonyl (C=O) groups is 1. The van der Waals surface area contributed by atoms with Gasteiger partial charge in [-0.2, -0.15) is 4.98 Å². The molecular formula is C24H29N5O2. The SMILES string of the molecule is CN(C)c1nc(NC2CCC(NC(=O)OCc3ccccc3)CC2)nc2ccccc12. The summed E-state index contributed by atoms with van der Waals surface area (Å²) in [6.07, 6.45) is 3.32. The zero-order valence-electron chi connectivity index (χ0n) is 18.0. The van der Waals surface area contributed by atoms with Gasteiger partial charge in [0.15, 0.2) is 0 Å². The lowest BCUT2D eigenvalue weighted by Gasteiger charge is -2.29. The summed E-state index contributed by atoms with van der Waals surface area (Å²) >= 11 is 0. The van der Waals surface area contributed by atoms with E-state index in [0.29, 0.717) is 5.95 Å². The molecule has 31 heavy (non-hydrogen) atoms. The molecule has 7 heteroatoms. The molecular weight excluding hydrogens is 390 g/mol. The van der Waals surface area contributed by atoms with Crippen molar-refractivity contribution in [3.63, 3.8) is 0 Å². The van der Waals surface area contributed by atoms with Gasteiger partial charge in [-0.25, -0.2) is 9.78 Å². The van der Waals surface area contributed by atoms with Crippen molar-refractivity contribution < 1.29 is 9.53 Å². The topological polar surface area (TPSA) is 79.4 Å². The molecule has 7 nitrogen and oxygen atoms in total. The molecule has 1 aliphatic rings. The molecule has 1 aromatic heterocycles. The number of benzene rings is 2. The van der Waals surface area contributed by atoms with Gasteiger partial charge in [-0.15, -0.1) is 0 Å². The minimum absolute atomic E-state index is 0.135. The minimum Gasteiger partial charge on any atom is -0.445 e. The Bertz CT molecular complexity index is 1020. The molecule has 0 spiro atoms. The van der Waals surface area contributed by atoms with Crippen LogP contribution in [0.2, 0.25) is 0 Å². The van der Waals surface area contributed by atoms with Crippen LogP contribution in [0.15, 0.2) is 54.6 Å². The van der Waals surface area contributed by atoms with Crippen molar-refractivity contribution in [2.24, 2.45) is 0 Å². The first-order valence-electron chi connectivity index (χ1n) is 10.8. The summed E-state index contributed by atoms with van der Waals surface area (Å²) in [6, 6.07) is 18.2. The lowest BCUT2D eigenvalue weighted by atomic mass is 9.91. The monoisotopic (exact) mass is 419 g/mol. The molecule has 1 fully saturated rings. The highest BCUT2D eigenvalue weighted by Crippen LogP contribution is 2.26. The molecule has 2 N–H and O–H groups in total. The van der Waals surface area contributed by atoms with Gasteiger partial charge in [-0.1, -0.05) is 42.5 Å². The largest absolute Gasteiger partial charge is 0.445 e. The zero-order chi connectivity index (χ0) is 21.6. The van der Waals surface area contributed by atoms with Crippen LogP contribution in [0.4, 0.5) is 16.6 Å². The highest BCUT2D eigenvalue weighted by atomic mass is 16.5. The predicted octanol–water partition coefficient (Wildman–Crippen LogP) is 4.35. The van der Waals surface area contributed by atoms with Gasteiger partial charge in [-0.3, -0.25) is 0 Å². The number of para-hydroxylation sites is 1. The molecule has 1 amide bonds. The Hall–Kier alpha value is -3.35. The molecule has 0 radical (unpaired) electrons. The quantitative estimate of drug-likeness (QED) is 0.619. The smallest absolute Gasteiger partial charge is 0.407 e. The average molecular weight is 420 g/mol. The van der Waals surface area contributed by atoms with E-state index >= 15 is 0 Å². The fraction of sp³-hybridized carbons (Fsp3) is 0.375. The third-order valence-corrected chi connectivity index (χ3v) is 5.60. The standard InChI is InChI=1S/C24H29N5O2/c1-29(2)22-20-10-6-7-11-21(20)27-23(28-22)25-18-12-14-19(15-13-18)26-24(30)31-16-17-8-4-3-5-9-17/h3-11,18-19H,12-16H2,1-2H3,(H,26,30)(H,25,27,28). The van der Waals surface area contributed by atoms with Crippen LogP contribution in [0.5, 0.6) is 0 Å². The molecule has 0 bridgehead atoms. The molecule has 0 atom stereocenters. The molecule has 162 valence electrons. The molecule has 3 aromatic rings. The maximum Gasteiger partial charge on any atom is 0.407 e. The maximum absolute atomic E-state index is 12.1. The number of ether oxygens (including phenoxy) is 1. The van der Waals surface area contributed by atoms with E-state index < -0.39 is 0 Å². The van der Waals surface area contributed by atoms with E-state index in [1.165, 1.54) is 0 Å². The van der Waals surface area contributed by atoms with E-state index in [9.17, 15) is 4.79 Å². The third kappa shape index (κ3) is 5.42. The number of nitrogens with zero attached hydrogens (tertiary/aromatic N) is 3. The molecule has 0 aliphatic heterocycles. The van der Waals surface area contributed by atoms with Gasteiger partial charge in [0.2, 0.25) is 5.95 Å². The van der Waals surface area contributed by atoms with Crippen LogP contribution in [0, 0.1) is 0 Å². The summed E-state index contributed by atoms with van der Waals surface area (Å²) in [5.41, 5.74) is 1.92. The first-order chi connectivity index (χ1) is 15.1. The lowest BCUT2D eigenvalue weighted by Crippen LogP contribution is -2.40. The van der Waals surface area contributed by atoms with Crippen LogP contribution in [0.3, 0.4) is 0 Å². The number of hydrogen-bond donors (Lipinski definition) is 2.